The van der Waals surface area contributed by atoms with Crippen LogP contribution in [0.2, 0.25) is 10.2 Å². The summed E-state index contributed by atoms with van der Waals surface area (Å²) in [5, 5.41) is 0.935. The highest BCUT2D eigenvalue weighted by molar-refractivity contribution is 7.91. The summed E-state index contributed by atoms with van der Waals surface area (Å²) in [5.74, 6) is 0.488. The van der Waals surface area contributed by atoms with Crippen molar-refractivity contribution in [3.63, 3.8) is 0 Å². The molecule has 100 valence electrons. The predicted molar refractivity (Wildman–Crippen MR) is 72.8 cm³/mol. The van der Waals surface area contributed by atoms with Crippen LogP contribution in [0.25, 0.3) is 0 Å². The third-order valence-corrected chi connectivity index (χ3v) is 5.21. The molecule has 0 unspecified atom stereocenters. The molecule has 0 aromatic carbocycles. The van der Waals surface area contributed by atoms with Gasteiger partial charge in [0.25, 0.3) is 0 Å². The maximum absolute atomic E-state index is 11.5. The Morgan fingerprint density at radius 2 is 2.06 bits per heavy atom. The highest BCUT2D eigenvalue weighted by Gasteiger charge is 2.19. The van der Waals surface area contributed by atoms with Gasteiger partial charge in [-0.2, -0.15) is 0 Å². The van der Waals surface area contributed by atoms with E-state index in [4.69, 9.17) is 23.2 Å². The van der Waals surface area contributed by atoms with Crippen molar-refractivity contribution in [2.75, 3.05) is 24.6 Å². The normalized spacial score (nSPS) is 20.6. The SMILES string of the molecule is O=S1(=O)CCCN(Cc2cnc(Cl)cc2Cl)CC1. The molecule has 1 aliphatic rings. The second-order valence-electron chi connectivity index (χ2n) is 4.38. The van der Waals surface area contributed by atoms with E-state index in [1.807, 2.05) is 0 Å². The summed E-state index contributed by atoms with van der Waals surface area (Å²) in [5.41, 5.74) is 0.875. The molecule has 4 nitrogen and oxygen atoms in total. The van der Waals surface area contributed by atoms with Gasteiger partial charge in [-0.25, -0.2) is 13.4 Å². The standard InChI is InChI=1S/C11H14Cl2N2O2S/c12-10-6-11(13)14-7-9(10)8-15-2-1-4-18(16,17)5-3-15/h6-7H,1-5,8H2. The van der Waals surface area contributed by atoms with Gasteiger partial charge in [-0.1, -0.05) is 23.2 Å². The fourth-order valence-electron chi connectivity index (χ4n) is 1.94. The summed E-state index contributed by atoms with van der Waals surface area (Å²) in [6, 6.07) is 1.60. The maximum atomic E-state index is 11.5. The molecule has 1 saturated heterocycles. The summed E-state index contributed by atoms with van der Waals surface area (Å²) < 4.78 is 23.0. The van der Waals surface area contributed by atoms with Crippen molar-refractivity contribution >= 4 is 33.0 Å². The van der Waals surface area contributed by atoms with E-state index in [2.05, 4.69) is 9.88 Å². The summed E-state index contributed by atoms with van der Waals surface area (Å²) in [6.45, 7) is 1.91. The average Bonchev–Trinajstić information content (AvgIpc) is 2.44. The van der Waals surface area contributed by atoms with E-state index in [-0.39, 0.29) is 11.5 Å². The van der Waals surface area contributed by atoms with Crippen molar-refractivity contribution < 1.29 is 8.42 Å². The Morgan fingerprint density at radius 1 is 1.28 bits per heavy atom. The molecule has 7 heteroatoms. The maximum Gasteiger partial charge on any atom is 0.151 e. The van der Waals surface area contributed by atoms with Gasteiger partial charge < -0.3 is 0 Å². The molecule has 1 aliphatic heterocycles. The fraction of sp³-hybridized carbons (Fsp3) is 0.545. The van der Waals surface area contributed by atoms with Crippen molar-refractivity contribution in [3.8, 4) is 0 Å². The smallest absolute Gasteiger partial charge is 0.151 e. The molecule has 0 atom stereocenters. The average molecular weight is 309 g/mol. The Kier molecular flexibility index (Phi) is 4.48. The van der Waals surface area contributed by atoms with Crippen LogP contribution in [0.3, 0.4) is 0 Å². The van der Waals surface area contributed by atoms with Gasteiger partial charge >= 0.3 is 0 Å². The van der Waals surface area contributed by atoms with Crippen LogP contribution >= 0.6 is 23.2 Å². The molecule has 1 fully saturated rings. The van der Waals surface area contributed by atoms with Gasteiger partial charge in [0, 0.05) is 29.9 Å². The van der Waals surface area contributed by atoms with Gasteiger partial charge in [0.15, 0.2) is 9.84 Å². The van der Waals surface area contributed by atoms with Gasteiger partial charge in [0.1, 0.15) is 5.15 Å². The lowest BCUT2D eigenvalue weighted by molar-refractivity contribution is 0.287. The minimum Gasteiger partial charge on any atom is -0.298 e. The monoisotopic (exact) mass is 308 g/mol. The summed E-state index contributed by atoms with van der Waals surface area (Å²) in [7, 11) is -2.87. The molecule has 0 saturated carbocycles. The molecular formula is C11H14Cl2N2O2S. The number of hydrogen-bond donors (Lipinski definition) is 0. The van der Waals surface area contributed by atoms with Gasteiger partial charge in [-0.15, -0.1) is 0 Å². The molecule has 18 heavy (non-hydrogen) atoms. The van der Waals surface area contributed by atoms with E-state index in [1.54, 1.807) is 12.3 Å². The number of pyridine rings is 1. The Balaban J connectivity index is 2.05. The van der Waals surface area contributed by atoms with Crippen LogP contribution in [-0.2, 0) is 16.4 Å². The Morgan fingerprint density at radius 3 is 2.78 bits per heavy atom. The topological polar surface area (TPSA) is 50.3 Å². The lowest BCUT2D eigenvalue weighted by atomic mass is 10.2. The zero-order valence-electron chi connectivity index (χ0n) is 9.77. The quantitative estimate of drug-likeness (QED) is 0.784. The van der Waals surface area contributed by atoms with E-state index < -0.39 is 9.84 Å². The number of halogens is 2. The zero-order valence-corrected chi connectivity index (χ0v) is 12.1. The van der Waals surface area contributed by atoms with Crippen molar-refractivity contribution in [1.82, 2.24) is 9.88 Å². The molecule has 1 aromatic rings. The summed E-state index contributed by atoms with van der Waals surface area (Å²) in [4.78, 5) is 6.08. The number of aromatic nitrogens is 1. The molecular weight excluding hydrogens is 295 g/mol. The first-order valence-corrected chi connectivity index (χ1v) is 8.27. The van der Waals surface area contributed by atoms with E-state index in [0.717, 1.165) is 12.1 Å². The molecule has 0 spiro atoms. The van der Waals surface area contributed by atoms with Crippen LogP contribution < -0.4 is 0 Å². The highest BCUT2D eigenvalue weighted by atomic mass is 35.5. The number of rotatable bonds is 2. The van der Waals surface area contributed by atoms with Crippen molar-refractivity contribution in [2.24, 2.45) is 0 Å². The Hall–Kier alpha value is -0.360. The molecule has 0 radical (unpaired) electrons. The zero-order chi connectivity index (χ0) is 13.2. The van der Waals surface area contributed by atoms with E-state index in [1.165, 1.54) is 0 Å². The first-order valence-electron chi connectivity index (χ1n) is 5.69. The van der Waals surface area contributed by atoms with Crippen LogP contribution in [-0.4, -0.2) is 42.9 Å². The van der Waals surface area contributed by atoms with Crippen LogP contribution in [0, 0.1) is 0 Å². The van der Waals surface area contributed by atoms with Crippen molar-refractivity contribution in [3.05, 3.63) is 28.0 Å². The molecule has 0 amide bonds. The van der Waals surface area contributed by atoms with Gasteiger partial charge in [0.05, 0.1) is 11.5 Å². The first kappa shape index (κ1) is 14.1. The summed E-state index contributed by atoms with van der Waals surface area (Å²) in [6.07, 6.45) is 2.31. The lowest BCUT2D eigenvalue weighted by Gasteiger charge is -2.19. The van der Waals surface area contributed by atoms with Crippen molar-refractivity contribution in [1.29, 1.82) is 0 Å². The summed E-state index contributed by atoms with van der Waals surface area (Å²) >= 11 is 11.8. The first-order chi connectivity index (χ1) is 8.46. The Labute approximate surface area is 117 Å². The molecule has 0 bridgehead atoms. The number of sulfone groups is 1. The van der Waals surface area contributed by atoms with Crippen LogP contribution in [0.4, 0.5) is 0 Å². The lowest BCUT2D eigenvalue weighted by Crippen LogP contribution is -2.26. The molecule has 2 rings (SSSR count). The second kappa shape index (κ2) is 5.74. The van der Waals surface area contributed by atoms with Crippen LogP contribution in [0.5, 0.6) is 0 Å². The highest BCUT2D eigenvalue weighted by Crippen LogP contribution is 2.20. The minimum absolute atomic E-state index is 0.214. The van der Waals surface area contributed by atoms with Gasteiger partial charge in [0.2, 0.25) is 0 Å². The van der Waals surface area contributed by atoms with Gasteiger partial charge in [-0.3, -0.25) is 4.90 Å². The third kappa shape index (κ3) is 3.82. The predicted octanol–water partition coefficient (Wildman–Crippen LogP) is 2.01. The Bertz CT molecular complexity index is 534. The molecule has 0 aliphatic carbocycles. The molecule has 0 N–H and O–H groups in total. The van der Waals surface area contributed by atoms with E-state index >= 15 is 0 Å². The van der Waals surface area contributed by atoms with E-state index in [9.17, 15) is 8.42 Å². The van der Waals surface area contributed by atoms with Crippen molar-refractivity contribution in [2.45, 2.75) is 13.0 Å². The third-order valence-electron chi connectivity index (χ3n) is 2.94. The van der Waals surface area contributed by atoms with Gasteiger partial charge in [-0.05, 0) is 19.0 Å². The van der Waals surface area contributed by atoms with Crippen LogP contribution in [0.1, 0.15) is 12.0 Å². The second-order valence-corrected chi connectivity index (χ2v) is 7.48. The largest absolute Gasteiger partial charge is 0.298 e. The van der Waals surface area contributed by atoms with Crippen LogP contribution in [0.15, 0.2) is 12.3 Å². The number of nitrogens with zero attached hydrogens (tertiary/aromatic N) is 2. The van der Waals surface area contributed by atoms with E-state index in [0.29, 0.717) is 29.7 Å². The fourth-order valence-corrected chi connectivity index (χ4v) is 3.68. The molecule has 2 heterocycles. The minimum atomic E-state index is -2.87. The molecule has 1 aromatic heterocycles. The number of hydrogen-bond acceptors (Lipinski definition) is 4.